The highest BCUT2D eigenvalue weighted by atomic mass is 32.1. The van der Waals surface area contributed by atoms with Gasteiger partial charge in [0, 0.05) is 11.8 Å². The van der Waals surface area contributed by atoms with Crippen molar-refractivity contribution in [3.8, 4) is 21.7 Å². The van der Waals surface area contributed by atoms with Crippen LogP contribution in [0, 0.1) is 0 Å². The summed E-state index contributed by atoms with van der Waals surface area (Å²) in [4.78, 5) is 22.1. The van der Waals surface area contributed by atoms with Gasteiger partial charge in [0.05, 0.1) is 15.6 Å². The van der Waals surface area contributed by atoms with E-state index in [2.05, 4.69) is 29.4 Å². The first-order chi connectivity index (χ1) is 12.9. The topological polar surface area (TPSA) is 64.1 Å². The van der Waals surface area contributed by atoms with Gasteiger partial charge in [0.15, 0.2) is 0 Å². The number of rotatable bonds is 4. The Balaban J connectivity index is 1.93. The summed E-state index contributed by atoms with van der Waals surface area (Å²) in [5.41, 5.74) is 2.43. The van der Waals surface area contributed by atoms with E-state index in [-0.39, 0.29) is 0 Å². The van der Waals surface area contributed by atoms with Gasteiger partial charge in [0.1, 0.15) is 11.4 Å². The Labute approximate surface area is 163 Å². The van der Waals surface area contributed by atoms with Crippen LogP contribution in [0.5, 0.6) is 0 Å². The second kappa shape index (κ2) is 7.88. The number of nitrogens with one attached hydrogen (secondary N) is 1. The molecule has 1 aromatic carbocycles. The molecule has 0 fully saturated rings. The molecule has 0 bridgehead atoms. The first kappa shape index (κ1) is 19.0. The first-order valence-corrected chi connectivity index (χ1v) is 9.69. The lowest BCUT2D eigenvalue weighted by Gasteiger charge is -2.19. The minimum absolute atomic E-state index is 0.451. The summed E-state index contributed by atoms with van der Waals surface area (Å²) in [6.45, 7) is 7.57. The molecule has 0 radical (unpaired) electrons. The number of thiazole rings is 1. The number of anilines is 1. The molecule has 2 aromatic heterocycles. The zero-order chi connectivity index (χ0) is 19.4. The average Bonchev–Trinajstić information content (AvgIpc) is 3.05. The number of hydrogen-bond acceptors (Lipinski definition) is 5. The van der Waals surface area contributed by atoms with Crippen molar-refractivity contribution in [2.45, 2.75) is 39.7 Å². The predicted octanol–water partition coefficient (Wildman–Crippen LogP) is 5.78. The highest BCUT2D eigenvalue weighted by Crippen LogP contribution is 2.37. The molecule has 0 saturated carbocycles. The Morgan fingerprint density at radius 2 is 1.89 bits per heavy atom. The fraction of sp³-hybridized carbons (Fsp3) is 0.286. The molecule has 0 aliphatic carbocycles. The van der Waals surface area contributed by atoms with E-state index in [1.807, 2.05) is 51.1 Å². The van der Waals surface area contributed by atoms with E-state index in [9.17, 15) is 4.79 Å². The van der Waals surface area contributed by atoms with Crippen LogP contribution in [0.15, 0.2) is 48.7 Å². The summed E-state index contributed by atoms with van der Waals surface area (Å²) in [6, 6.07) is 13.9. The van der Waals surface area contributed by atoms with E-state index >= 15 is 0 Å². The maximum absolute atomic E-state index is 12.0. The van der Waals surface area contributed by atoms with Crippen LogP contribution in [-0.2, 0) is 11.2 Å². The lowest BCUT2D eigenvalue weighted by atomic mass is 10.1. The number of carbonyl (C=O) groups excluding carboxylic acids is 1. The van der Waals surface area contributed by atoms with E-state index in [0.29, 0.717) is 5.82 Å². The van der Waals surface area contributed by atoms with Crippen molar-refractivity contribution in [2.24, 2.45) is 0 Å². The maximum atomic E-state index is 12.0. The van der Waals surface area contributed by atoms with Crippen LogP contribution < -0.4 is 5.32 Å². The number of benzene rings is 1. The van der Waals surface area contributed by atoms with E-state index < -0.39 is 11.7 Å². The molecule has 1 N–H and O–H groups in total. The van der Waals surface area contributed by atoms with Crippen molar-refractivity contribution in [1.29, 1.82) is 0 Å². The number of ether oxygens (including phenoxy) is 1. The predicted molar refractivity (Wildman–Crippen MR) is 110 cm³/mol. The van der Waals surface area contributed by atoms with E-state index in [0.717, 1.165) is 33.1 Å². The van der Waals surface area contributed by atoms with Crippen LogP contribution in [0.1, 0.15) is 32.7 Å². The van der Waals surface area contributed by atoms with Crippen LogP contribution >= 0.6 is 11.3 Å². The van der Waals surface area contributed by atoms with Crippen molar-refractivity contribution in [2.75, 3.05) is 5.32 Å². The normalized spacial score (nSPS) is 11.3. The second-order valence-corrected chi connectivity index (χ2v) is 8.15. The molecule has 5 nitrogen and oxygen atoms in total. The van der Waals surface area contributed by atoms with Crippen LogP contribution in [-0.4, -0.2) is 21.7 Å². The molecule has 0 aliphatic rings. The van der Waals surface area contributed by atoms with Gasteiger partial charge in [-0.1, -0.05) is 37.3 Å². The monoisotopic (exact) mass is 381 g/mol. The quantitative estimate of drug-likeness (QED) is 0.622. The molecule has 0 atom stereocenters. The number of hydrogen-bond donors (Lipinski definition) is 1. The summed E-state index contributed by atoms with van der Waals surface area (Å²) in [5, 5.41) is 3.77. The smallest absolute Gasteiger partial charge is 0.413 e. The van der Waals surface area contributed by atoms with Crippen LogP contribution in [0.25, 0.3) is 21.7 Å². The number of pyridine rings is 1. The molecule has 0 aliphatic heterocycles. The summed E-state index contributed by atoms with van der Waals surface area (Å²) < 4.78 is 5.30. The molecule has 0 unspecified atom stereocenters. The number of aryl methyl sites for hydroxylation is 1. The second-order valence-electron chi connectivity index (χ2n) is 7.06. The van der Waals surface area contributed by atoms with Gasteiger partial charge in [-0.3, -0.25) is 5.32 Å². The van der Waals surface area contributed by atoms with Crippen LogP contribution in [0.3, 0.4) is 0 Å². The number of nitrogens with zero attached hydrogens (tertiary/aromatic N) is 2. The maximum Gasteiger partial charge on any atom is 0.413 e. The third-order valence-electron chi connectivity index (χ3n) is 3.67. The Morgan fingerprint density at radius 3 is 2.56 bits per heavy atom. The molecule has 2 heterocycles. The zero-order valence-electron chi connectivity index (χ0n) is 15.9. The van der Waals surface area contributed by atoms with Gasteiger partial charge in [0.25, 0.3) is 0 Å². The molecule has 6 heteroatoms. The van der Waals surface area contributed by atoms with Gasteiger partial charge in [-0.25, -0.2) is 14.8 Å². The minimum Gasteiger partial charge on any atom is -0.444 e. The van der Waals surface area contributed by atoms with E-state index in [4.69, 9.17) is 9.72 Å². The van der Waals surface area contributed by atoms with Crippen molar-refractivity contribution in [3.05, 3.63) is 53.7 Å². The van der Waals surface area contributed by atoms with Gasteiger partial charge in [-0.15, -0.1) is 11.3 Å². The molecule has 3 rings (SSSR count). The molecule has 140 valence electrons. The number of carbonyl (C=O) groups is 1. The molecule has 3 aromatic rings. The van der Waals surface area contributed by atoms with Crippen molar-refractivity contribution in [1.82, 2.24) is 9.97 Å². The summed E-state index contributed by atoms with van der Waals surface area (Å²) in [7, 11) is 0. The van der Waals surface area contributed by atoms with Crippen LogP contribution in [0.2, 0.25) is 0 Å². The Bertz CT molecular complexity index is 930. The average molecular weight is 382 g/mol. The molecular weight excluding hydrogens is 358 g/mol. The first-order valence-electron chi connectivity index (χ1n) is 8.87. The van der Waals surface area contributed by atoms with Crippen molar-refractivity contribution >= 4 is 23.2 Å². The third-order valence-corrected chi connectivity index (χ3v) is 4.92. The van der Waals surface area contributed by atoms with Gasteiger partial charge in [-0.05, 0) is 44.9 Å². The molecule has 27 heavy (non-hydrogen) atoms. The lowest BCUT2D eigenvalue weighted by Crippen LogP contribution is -2.27. The standard InChI is InChI=1S/C21H23N3O2S/c1-5-17-24-18(14-9-7-6-8-10-14)19(27-17)15-11-12-22-16(13-15)23-20(25)26-21(2,3)4/h6-13H,5H2,1-4H3,(H,22,23,25). The zero-order valence-corrected chi connectivity index (χ0v) is 16.8. The Hall–Kier alpha value is -2.73. The molecule has 1 amide bonds. The fourth-order valence-electron chi connectivity index (χ4n) is 2.55. The number of amides is 1. The lowest BCUT2D eigenvalue weighted by molar-refractivity contribution is 0.0635. The summed E-state index contributed by atoms with van der Waals surface area (Å²) in [6.07, 6.45) is 2.04. The molecule has 0 saturated heterocycles. The highest BCUT2D eigenvalue weighted by molar-refractivity contribution is 7.15. The Morgan fingerprint density at radius 1 is 1.15 bits per heavy atom. The highest BCUT2D eigenvalue weighted by Gasteiger charge is 2.18. The molecule has 0 spiro atoms. The van der Waals surface area contributed by atoms with Crippen LogP contribution in [0.4, 0.5) is 10.6 Å². The minimum atomic E-state index is -0.560. The van der Waals surface area contributed by atoms with E-state index in [1.165, 1.54) is 0 Å². The van der Waals surface area contributed by atoms with Crippen molar-refractivity contribution in [3.63, 3.8) is 0 Å². The largest absolute Gasteiger partial charge is 0.444 e. The summed E-state index contributed by atoms with van der Waals surface area (Å²) in [5.74, 6) is 0.451. The van der Waals surface area contributed by atoms with E-state index in [1.54, 1.807) is 17.5 Å². The number of aromatic nitrogens is 2. The molecular formula is C21H23N3O2S. The van der Waals surface area contributed by atoms with Gasteiger partial charge < -0.3 is 4.74 Å². The van der Waals surface area contributed by atoms with Gasteiger partial charge in [0.2, 0.25) is 0 Å². The third kappa shape index (κ3) is 4.92. The van der Waals surface area contributed by atoms with Gasteiger partial charge in [-0.2, -0.15) is 0 Å². The fourth-order valence-corrected chi connectivity index (χ4v) is 3.57. The summed E-state index contributed by atoms with van der Waals surface area (Å²) >= 11 is 1.66. The SMILES string of the molecule is CCc1nc(-c2ccccc2)c(-c2ccnc(NC(=O)OC(C)(C)C)c2)s1. The van der Waals surface area contributed by atoms with Crippen molar-refractivity contribution < 1.29 is 9.53 Å². The van der Waals surface area contributed by atoms with Gasteiger partial charge >= 0.3 is 6.09 Å². The Kier molecular flexibility index (Phi) is 5.56.